The summed E-state index contributed by atoms with van der Waals surface area (Å²) in [7, 11) is -1.93. The number of aliphatic hydroxyl groups is 1. The molecule has 0 aromatic heterocycles. The molecule has 0 radical (unpaired) electrons. The third-order valence-electron chi connectivity index (χ3n) is 2.28. The highest BCUT2D eigenvalue weighted by Gasteiger charge is 2.27. The molecule has 0 spiro atoms. The second-order valence-corrected chi connectivity index (χ2v) is 5.13. The van der Waals surface area contributed by atoms with E-state index in [0.717, 1.165) is 0 Å². The van der Waals surface area contributed by atoms with E-state index in [0.29, 0.717) is 13.1 Å². The van der Waals surface area contributed by atoms with Gasteiger partial charge in [-0.25, -0.2) is 0 Å². The van der Waals surface area contributed by atoms with Gasteiger partial charge in [0.05, 0.1) is 6.61 Å². The van der Waals surface area contributed by atoms with Crippen LogP contribution in [0.1, 0.15) is 20.8 Å². The molecule has 0 aliphatic rings. The van der Waals surface area contributed by atoms with Gasteiger partial charge in [-0.15, -0.1) is 0 Å². The third-order valence-corrected chi connectivity index (χ3v) is 4.54. The Kier molecular flexibility index (Phi) is 5.58. The van der Waals surface area contributed by atoms with Crippen molar-refractivity contribution in [2.24, 2.45) is 0 Å². The first-order chi connectivity index (χ1) is 6.41. The zero-order chi connectivity index (χ0) is 11.4. The van der Waals surface area contributed by atoms with Gasteiger partial charge in [0.25, 0.3) is 10.2 Å². The normalized spacial score (nSPS) is 15.1. The first kappa shape index (κ1) is 13.8. The van der Waals surface area contributed by atoms with E-state index in [4.69, 9.17) is 5.11 Å². The fourth-order valence-electron chi connectivity index (χ4n) is 1.07. The number of nitrogens with zero attached hydrogens (tertiary/aromatic N) is 2. The molecule has 0 amide bonds. The molecule has 0 aliphatic heterocycles. The zero-order valence-electron chi connectivity index (χ0n) is 9.27. The SMILES string of the molecule is CCN(CC)S(=O)(=O)N(C)C(C)CO. The minimum atomic E-state index is -3.41. The second-order valence-electron chi connectivity index (χ2n) is 3.14. The Labute approximate surface area is 86.5 Å². The van der Waals surface area contributed by atoms with E-state index >= 15 is 0 Å². The average molecular weight is 224 g/mol. The minimum Gasteiger partial charge on any atom is -0.395 e. The summed E-state index contributed by atoms with van der Waals surface area (Å²) >= 11 is 0. The molecule has 5 nitrogen and oxygen atoms in total. The molecule has 1 unspecified atom stereocenters. The largest absolute Gasteiger partial charge is 0.395 e. The highest BCUT2D eigenvalue weighted by molar-refractivity contribution is 7.86. The molecule has 6 heteroatoms. The zero-order valence-corrected chi connectivity index (χ0v) is 10.1. The maximum Gasteiger partial charge on any atom is 0.282 e. The minimum absolute atomic E-state index is 0.170. The quantitative estimate of drug-likeness (QED) is 0.684. The van der Waals surface area contributed by atoms with Gasteiger partial charge in [-0.3, -0.25) is 0 Å². The standard InChI is InChI=1S/C8H20N2O3S/c1-5-10(6-2)14(12,13)9(4)8(3)7-11/h8,11H,5-7H2,1-4H3. The molecule has 86 valence electrons. The number of rotatable bonds is 6. The van der Waals surface area contributed by atoms with E-state index in [-0.39, 0.29) is 12.6 Å². The first-order valence-electron chi connectivity index (χ1n) is 4.75. The summed E-state index contributed by atoms with van der Waals surface area (Å²) in [4.78, 5) is 0. The van der Waals surface area contributed by atoms with Gasteiger partial charge in [0.15, 0.2) is 0 Å². The van der Waals surface area contributed by atoms with Crippen LogP contribution in [-0.2, 0) is 10.2 Å². The van der Waals surface area contributed by atoms with Crippen LogP contribution in [0.15, 0.2) is 0 Å². The van der Waals surface area contributed by atoms with Gasteiger partial charge in [-0.2, -0.15) is 17.0 Å². The van der Waals surface area contributed by atoms with Crippen LogP contribution in [-0.4, -0.2) is 54.9 Å². The number of aliphatic hydroxyl groups excluding tert-OH is 1. The van der Waals surface area contributed by atoms with Crippen molar-refractivity contribution in [3.05, 3.63) is 0 Å². The van der Waals surface area contributed by atoms with E-state index < -0.39 is 10.2 Å². The van der Waals surface area contributed by atoms with Crippen molar-refractivity contribution >= 4 is 10.2 Å². The predicted octanol–water partition coefficient (Wildman–Crippen LogP) is -0.114. The monoisotopic (exact) mass is 224 g/mol. The fourth-order valence-corrected chi connectivity index (χ4v) is 2.61. The van der Waals surface area contributed by atoms with Gasteiger partial charge < -0.3 is 5.11 Å². The van der Waals surface area contributed by atoms with Crippen molar-refractivity contribution in [1.82, 2.24) is 8.61 Å². The summed E-state index contributed by atoms with van der Waals surface area (Å²) in [6.45, 7) is 5.97. The number of hydrogen-bond acceptors (Lipinski definition) is 3. The van der Waals surface area contributed by atoms with E-state index in [9.17, 15) is 8.42 Å². The van der Waals surface area contributed by atoms with Crippen LogP contribution in [0.2, 0.25) is 0 Å². The van der Waals surface area contributed by atoms with E-state index in [1.807, 2.05) is 0 Å². The van der Waals surface area contributed by atoms with Crippen molar-refractivity contribution in [3.8, 4) is 0 Å². The molecule has 14 heavy (non-hydrogen) atoms. The lowest BCUT2D eigenvalue weighted by Gasteiger charge is -2.28. The van der Waals surface area contributed by atoms with Crippen molar-refractivity contribution in [3.63, 3.8) is 0 Å². The molecule has 0 aliphatic carbocycles. The van der Waals surface area contributed by atoms with Crippen LogP contribution in [0.25, 0.3) is 0 Å². The Morgan fingerprint density at radius 3 is 2.00 bits per heavy atom. The molecule has 1 atom stereocenters. The third kappa shape index (κ3) is 2.91. The van der Waals surface area contributed by atoms with E-state index in [1.54, 1.807) is 20.8 Å². The van der Waals surface area contributed by atoms with Crippen molar-refractivity contribution in [2.75, 3.05) is 26.7 Å². The van der Waals surface area contributed by atoms with E-state index in [2.05, 4.69) is 0 Å². The topological polar surface area (TPSA) is 60.9 Å². The smallest absolute Gasteiger partial charge is 0.282 e. The molecule has 1 N–H and O–H groups in total. The molecule has 0 rings (SSSR count). The van der Waals surface area contributed by atoms with Gasteiger partial charge >= 0.3 is 0 Å². The van der Waals surface area contributed by atoms with Crippen LogP contribution >= 0.6 is 0 Å². The highest BCUT2D eigenvalue weighted by atomic mass is 32.2. The van der Waals surface area contributed by atoms with Crippen molar-refractivity contribution < 1.29 is 13.5 Å². The molecular formula is C8H20N2O3S. The van der Waals surface area contributed by atoms with Gasteiger partial charge in [0.2, 0.25) is 0 Å². The predicted molar refractivity (Wildman–Crippen MR) is 56.2 cm³/mol. The Morgan fingerprint density at radius 2 is 1.71 bits per heavy atom. The van der Waals surface area contributed by atoms with Gasteiger partial charge in [0.1, 0.15) is 0 Å². The molecular weight excluding hydrogens is 204 g/mol. The summed E-state index contributed by atoms with van der Waals surface area (Å²) in [6, 6.07) is -0.388. The van der Waals surface area contributed by atoms with Gasteiger partial charge in [0, 0.05) is 26.2 Å². The van der Waals surface area contributed by atoms with Gasteiger partial charge in [-0.05, 0) is 6.92 Å². The van der Waals surface area contributed by atoms with E-state index in [1.165, 1.54) is 15.7 Å². The number of hydrogen-bond donors (Lipinski definition) is 1. The molecule has 0 aromatic carbocycles. The Hall–Kier alpha value is -0.170. The average Bonchev–Trinajstić information content (AvgIpc) is 2.16. The molecule has 0 fully saturated rings. The Morgan fingerprint density at radius 1 is 1.29 bits per heavy atom. The van der Waals surface area contributed by atoms with Crippen LogP contribution in [0.5, 0.6) is 0 Å². The lowest BCUT2D eigenvalue weighted by Crippen LogP contribution is -2.46. The second kappa shape index (κ2) is 5.65. The maximum absolute atomic E-state index is 11.8. The lowest BCUT2D eigenvalue weighted by atomic mass is 10.4. The molecule has 0 bridgehead atoms. The van der Waals surface area contributed by atoms with Gasteiger partial charge in [-0.1, -0.05) is 13.8 Å². The summed E-state index contributed by atoms with van der Waals surface area (Å²) in [5, 5.41) is 8.87. The molecule has 0 saturated heterocycles. The summed E-state index contributed by atoms with van der Waals surface area (Å²) in [5.74, 6) is 0. The summed E-state index contributed by atoms with van der Waals surface area (Å²) < 4.78 is 26.2. The summed E-state index contributed by atoms with van der Waals surface area (Å²) in [5.41, 5.74) is 0. The van der Waals surface area contributed by atoms with Crippen molar-refractivity contribution in [2.45, 2.75) is 26.8 Å². The molecule has 0 heterocycles. The van der Waals surface area contributed by atoms with Crippen LogP contribution in [0, 0.1) is 0 Å². The summed E-state index contributed by atoms with van der Waals surface area (Å²) in [6.07, 6.45) is 0. The van der Waals surface area contributed by atoms with Crippen LogP contribution in [0.3, 0.4) is 0 Å². The lowest BCUT2D eigenvalue weighted by molar-refractivity contribution is 0.206. The molecule has 0 saturated carbocycles. The fraction of sp³-hybridized carbons (Fsp3) is 1.00. The maximum atomic E-state index is 11.8. The Bertz CT molecular complexity index is 249. The number of likely N-dealkylation sites (N-methyl/N-ethyl adjacent to an activating group) is 1. The van der Waals surface area contributed by atoms with Crippen LogP contribution < -0.4 is 0 Å². The highest BCUT2D eigenvalue weighted by Crippen LogP contribution is 2.09. The van der Waals surface area contributed by atoms with Crippen molar-refractivity contribution in [1.29, 1.82) is 0 Å². The first-order valence-corrected chi connectivity index (χ1v) is 6.15. The Balaban J connectivity index is 4.76. The molecule has 0 aromatic rings. The van der Waals surface area contributed by atoms with Crippen LogP contribution in [0.4, 0.5) is 0 Å².